The van der Waals surface area contributed by atoms with Gasteiger partial charge in [-0.05, 0) is 26.8 Å². The summed E-state index contributed by atoms with van der Waals surface area (Å²) in [7, 11) is 0. The molecule has 0 bridgehead atoms. The molecule has 0 radical (unpaired) electrons. The molecule has 22 heavy (non-hydrogen) atoms. The van der Waals surface area contributed by atoms with Gasteiger partial charge in [-0.25, -0.2) is 5.84 Å². The van der Waals surface area contributed by atoms with Crippen LogP contribution in [0.15, 0.2) is 54.6 Å². The number of carbonyl (C=O) groups excluding carboxylic acids is 2. The zero-order valence-corrected chi connectivity index (χ0v) is 13.0. The summed E-state index contributed by atoms with van der Waals surface area (Å²) in [4.78, 5) is 25.2. The highest BCUT2D eigenvalue weighted by molar-refractivity contribution is 6.15. The summed E-state index contributed by atoms with van der Waals surface area (Å²) in [5, 5.41) is 1.16. The molecular formula is C18H20N2O2. The van der Waals surface area contributed by atoms with Crippen molar-refractivity contribution in [2.75, 3.05) is 0 Å². The predicted octanol–water partition coefficient (Wildman–Crippen LogP) is 3.03. The number of nitrogens with zero attached hydrogens (tertiary/aromatic N) is 1. The maximum Gasteiger partial charge on any atom is 0.269 e. The van der Waals surface area contributed by atoms with E-state index < -0.39 is 5.54 Å². The van der Waals surface area contributed by atoms with Gasteiger partial charge in [0.1, 0.15) is 0 Å². The largest absolute Gasteiger partial charge is 0.289 e. The van der Waals surface area contributed by atoms with E-state index >= 15 is 0 Å². The standard InChI is InChI=1S/C18H20N2O2/c1-18(2,3)20(19)17(22)15-12-8-7-11-14(15)16(21)13-9-5-4-6-10-13/h4-12H,19H2,1-3H3. The molecule has 0 unspecified atom stereocenters. The van der Waals surface area contributed by atoms with Gasteiger partial charge in [-0.15, -0.1) is 0 Å². The van der Waals surface area contributed by atoms with Crippen LogP contribution in [0.4, 0.5) is 0 Å². The Bertz CT molecular complexity index is 688. The highest BCUT2D eigenvalue weighted by atomic mass is 16.2. The average Bonchev–Trinajstić information content (AvgIpc) is 2.52. The van der Waals surface area contributed by atoms with Crippen LogP contribution in [-0.2, 0) is 0 Å². The van der Waals surface area contributed by atoms with E-state index in [-0.39, 0.29) is 11.7 Å². The lowest BCUT2D eigenvalue weighted by molar-refractivity contribution is 0.0579. The van der Waals surface area contributed by atoms with Gasteiger partial charge in [0.25, 0.3) is 5.91 Å². The maximum absolute atomic E-state index is 12.6. The first-order chi connectivity index (χ1) is 10.3. The van der Waals surface area contributed by atoms with Gasteiger partial charge < -0.3 is 0 Å². The third kappa shape index (κ3) is 3.23. The number of nitrogens with two attached hydrogens (primary N) is 1. The molecule has 0 saturated carbocycles. The average molecular weight is 296 g/mol. The van der Waals surface area contributed by atoms with E-state index in [2.05, 4.69) is 0 Å². The number of hydrazine groups is 1. The Morgan fingerprint density at radius 2 is 1.36 bits per heavy atom. The molecule has 0 aliphatic rings. The van der Waals surface area contributed by atoms with Crippen molar-refractivity contribution >= 4 is 11.7 Å². The van der Waals surface area contributed by atoms with Crippen LogP contribution in [0.3, 0.4) is 0 Å². The molecule has 2 aromatic carbocycles. The van der Waals surface area contributed by atoms with E-state index in [4.69, 9.17) is 5.84 Å². The van der Waals surface area contributed by atoms with E-state index in [0.29, 0.717) is 16.7 Å². The molecule has 1 amide bonds. The Kier molecular flexibility index (Phi) is 4.43. The second kappa shape index (κ2) is 6.12. The normalized spacial score (nSPS) is 11.1. The number of hydrogen-bond donors (Lipinski definition) is 1. The number of ketones is 1. The quantitative estimate of drug-likeness (QED) is 0.410. The van der Waals surface area contributed by atoms with Crippen molar-refractivity contribution in [2.24, 2.45) is 5.84 Å². The second-order valence-electron chi connectivity index (χ2n) is 6.09. The Balaban J connectivity index is 2.44. The van der Waals surface area contributed by atoms with Gasteiger partial charge in [0.15, 0.2) is 5.78 Å². The lowest BCUT2D eigenvalue weighted by Crippen LogP contribution is -2.50. The molecule has 0 aromatic heterocycles. The van der Waals surface area contributed by atoms with Crippen molar-refractivity contribution < 1.29 is 9.59 Å². The summed E-state index contributed by atoms with van der Waals surface area (Å²) in [5.41, 5.74) is 0.689. The molecule has 0 saturated heterocycles. The number of amides is 1. The third-order valence-corrected chi connectivity index (χ3v) is 3.38. The molecule has 0 atom stereocenters. The zero-order chi connectivity index (χ0) is 16.3. The highest BCUT2D eigenvalue weighted by Crippen LogP contribution is 2.19. The molecule has 2 N–H and O–H groups in total. The SMILES string of the molecule is CC(C)(C)N(N)C(=O)c1ccccc1C(=O)c1ccccc1. The number of hydrogen-bond acceptors (Lipinski definition) is 3. The van der Waals surface area contributed by atoms with Crippen molar-refractivity contribution in [3.05, 3.63) is 71.3 Å². The monoisotopic (exact) mass is 296 g/mol. The molecule has 2 aromatic rings. The van der Waals surface area contributed by atoms with Crippen molar-refractivity contribution in [2.45, 2.75) is 26.3 Å². The molecule has 114 valence electrons. The first-order valence-electron chi connectivity index (χ1n) is 7.10. The Morgan fingerprint density at radius 1 is 0.864 bits per heavy atom. The smallest absolute Gasteiger partial charge is 0.269 e. The summed E-state index contributed by atoms with van der Waals surface area (Å²) in [5.74, 6) is 5.35. The second-order valence-corrected chi connectivity index (χ2v) is 6.09. The lowest BCUT2D eigenvalue weighted by Gasteiger charge is -2.31. The molecular weight excluding hydrogens is 276 g/mol. The fourth-order valence-electron chi connectivity index (χ4n) is 2.05. The molecule has 4 nitrogen and oxygen atoms in total. The molecule has 0 heterocycles. The third-order valence-electron chi connectivity index (χ3n) is 3.38. The van der Waals surface area contributed by atoms with E-state index in [9.17, 15) is 9.59 Å². The minimum absolute atomic E-state index is 0.188. The van der Waals surface area contributed by atoms with E-state index in [0.717, 1.165) is 5.01 Å². The Hall–Kier alpha value is -2.46. The van der Waals surface area contributed by atoms with Gasteiger partial charge in [-0.3, -0.25) is 14.6 Å². The first-order valence-corrected chi connectivity index (χ1v) is 7.10. The molecule has 0 aliphatic heterocycles. The number of rotatable bonds is 3. The van der Waals surface area contributed by atoms with Gasteiger partial charge in [0, 0.05) is 11.1 Å². The molecule has 4 heteroatoms. The molecule has 0 aliphatic carbocycles. The van der Waals surface area contributed by atoms with E-state index in [1.165, 1.54) is 0 Å². The first kappa shape index (κ1) is 15.9. The summed E-state index contributed by atoms with van der Waals surface area (Å²) in [6.45, 7) is 5.52. The highest BCUT2D eigenvalue weighted by Gasteiger charge is 2.27. The predicted molar refractivity (Wildman–Crippen MR) is 86.4 cm³/mol. The van der Waals surface area contributed by atoms with E-state index in [1.807, 2.05) is 26.8 Å². The summed E-state index contributed by atoms with van der Waals surface area (Å²) in [6.07, 6.45) is 0. The Morgan fingerprint density at radius 3 is 1.91 bits per heavy atom. The van der Waals surface area contributed by atoms with Gasteiger partial charge in [-0.1, -0.05) is 48.5 Å². The minimum Gasteiger partial charge on any atom is -0.289 e. The van der Waals surface area contributed by atoms with Crippen LogP contribution < -0.4 is 5.84 Å². The van der Waals surface area contributed by atoms with Crippen LogP contribution in [0.2, 0.25) is 0 Å². The van der Waals surface area contributed by atoms with Crippen LogP contribution in [0.5, 0.6) is 0 Å². The van der Waals surface area contributed by atoms with Gasteiger partial charge in [-0.2, -0.15) is 0 Å². The molecule has 2 rings (SSSR count). The van der Waals surface area contributed by atoms with Crippen LogP contribution in [0.1, 0.15) is 47.1 Å². The summed E-state index contributed by atoms with van der Waals surface area (Å²) >= 11 is 0. The number of benzene rings is 2. The van der Waals surface area contributed by atoms with Crippen LogP contribution in [0.25, 0.3) is 0 Å². The van der Waals surface area contributed by atoms with Crippen LogP contribution in [0, 0.1) is 0 Å². The van der Waals surface area contributed by atoms with Gasteiger partial charge >= 0.3 is 0 Å². The maximum atomic E-state index is 12.6. The van der Waals surface area contributed by atoms with Crippen LogP contribution in [-0.4, -0.2) is 22.2 Å². The topological polar surface area (TPSA) is 63.4 Å². The van der Waals surface area contributed by atoms with Crippen molar-refractivity contribution in [3.63, 3.8) is 0 Å². The summed E-state index contributed by atoms with van der Waals surface area (Å²) < 4.78 is 0. The van der Waals surface area contributed by atoms with Gasteiger partial charge in [0.05, 0.1) is 11.1 Å². The van der Waals surface area contributed by atoms with Crippen molar-refractivity contribution in [1.82, 2.24) is 5.01 Å². The van der Waals surface area contributed by atoms with Crippen molar-refractivity contribution in [1.29, 1.82) is 0 Å². The van der Waals surface area contributed by atoms with Crippen molar-refractivity contribution in [3.8, 4) is 0 Å². The summed E-state index contributed by atoms with van der Waals surface area (Å²) in [6, 6.07) is 15.6. The fourth-order valence-corrected chi connectivity index (χ4v) is 2.05. The molecule has 0 fully saturated rings. The molecule has 0 spiro atoms. The zero-order valence-electron chi connectivity index (χ0n) is 13.0. The van der Waals surface area contributed by atoms with Crippen LogP contribution >= 0.6 is 0 Å². The minimum atomic E-state index is -0.528. The van der Waals surface area contributed by atoms with Gasteiger partial charge in [0.2, 0.25) is 0 Å². The van der Waals surface area contributed by atoms with E-state index in [1.54, 1.807) is 48.5 Å². The fraction of sp³-hybridized carbons (Fsp3) is 0.222. The Labute approximate surface area is 130 Å². The number of carbonyl (C=O) groups is 2. The lowest BCUT2D eigenvalue weighted by atomic mass is 9.97.